The Morgan fingerprint density at radius 1 is 1.43 bits per heavy atom. The lowest BCUT2D eigenvalue weighted by atomic mass is 10.1. The number of allylic oxidation sites excluding steroid dienone is 1. The topological polar surface area (TPSA) is 54.1 Å². The number of ether oxygens (including phenoxy) is 1. The van der Waals surface area contributed by atoms with Crippen molar-refractivity contribution in [3.8, 4) is 5.75 Å². The number of hydrogen-bond acceptors (Lipinski definition) is 2. The van der Waals surface area contributed by atoms with E-state index in [1.807, 2.05) is 44.3 Å². The summed E-state index contributed by atoms with van der Waals surface area (Å²) in [6.07, 6.45) is 5.59. The quantitative estimate of drug-likeness (QED) is 0.801. The first-order chi connectivity index (χ1) is 10.2. The minimum absolute atomic E-state index is 0.00859. The molecular formula is C17H22N2O2. The van der Waals surface area contributed by atoms with E-state index in [-0.39, 0.29) is 5.91 Å². The second-order valence-corrected chi connectivity index (χ2v) is 5.03. The number of amides is 1. The fraction of sp³-hybridized carbons (Fsp3) is 0.353. The van der Waals surface area contributed by atoms with Crippen LogP contribution in [-0.2, 0) is 11.2 Å². The Bertz CT molecular complexity index is 656. The van der Waals surface area contributed by atoms with E-state index in [2.05, 4.69) is 10.3 Å². The maximum Gasteiger partial charge on any atom is 0.246 e. The van der Waals surface area contributed by atoms with E-state index in [0.29, 0.717) is 6.54 Å². The average Bonchev–Trinajstić information content (AvgIpc) is 2.89. The van der Waals surface area contributed by atoms with Gasteiger partial charge in [0.1, 0.15) is 5.75 Å². The monoisotopic (exact) mass is 286 g/mol. The first kappa shape index (κ1) is 15.2. The Hall–Kier alpha value is -2.23. The highest BCUT2D eigenvalue weighted by Crippen LogP contribution is 2.23. The summed E-state index contributed by atoms with van der Waals surface area (Å²) >= 11 is 0. The van der Waals surface area contributed by atoms with Crippen molar-refractivity contribution in [3.63, 3.8) is 0 Å². The van der Waals surface area contributed by atoms with Crippen LogP contribution in [0.5, 0.6) is 5.75 Å². The molecule has 0 aliphatic rings. The Morgan fingerprint density at radius 3 is 2.95 bits per heavy atom. The van der Waals surface area contributed by atoms with Gasteiger partial charge in [-0.2, -0.15) is 0 Å². The van der Waals surface area contributed by atoms with Gasteiger partial charge in [-0.15, -0.1) is 0 Å². The summed E-state index contributed by atoms with van der Waals surface area (Å²) < 4.78 is 5.26. The van der Waals surface area contributed by atoms with Crippen molar-refractivity contribution >= 4 is 16.8 Å². The molecule has 0 aliphatic carbocycles. The molecule has 0 saturated carbocycles. The van der Waals surface area contributed by atoms with Gasteiger partial charge in [-0.05, 0) is 43.5 Å². The van der Waals surface area contributed by atoms with E-state index in [4.69, 9.17) is 4.74 Å². The number of nitrogens with one attached hydrogen (secondary N) is 2. The van der Waals surface area contributed by atoms with Crippen LogP contribution in [0.15, 0.2) is 36.0 Å². The number of carbonyl (C=O) groups excluding carboxylic acids is 1. The number of fused-ring (bicyclic) bond motifs is 1. The molecule has 1 aromatic carbocycles. The SMILES string of the molecule is CC/C=C(/C)C(=O)NCCc1c[nH]c2ccc(OC)cc12. The average molecular weight is 286 g/mol. The number of methoxy groups -OCH3 is 1. The zero-order valence-electron chi connectivity index (χ0n) is 12.8. The molecule has 4 heteroatoms. The number of aromatic nitrogens is 1. The van der Waals surface area contributed by atoms with Gasteiger partial charge in [-0.1, -0.05) is 13.0 Å². The van der Waals surface area contributed by atoms with Crippen molar-refractivity contribution in [2.45, 2.75) is 26.7 Å². The van der Waals surface area contributed by atoms with Crippen molar-refractivity contribution in [3.05, 3.63) is 41.6 Å². The molecule has 0 fully saturated rings. The molecule has 4 nitrogen and oxygen atoms in total. The summed E-state index contributed by atoms with van der Waals surface area (Å²) in [7, 11) is 1.66. The predicted molar refractivity (Wildman–Crippen MR) is 85.6 cm³/mol. The first-order valence-electron chi connectivity index (χ1n) is 7.24. The van der Waals surface area contributed by atoms with Crippen LogP contribution < -0.4 is 10.1 Å². The maximum absolute atomic E-state index is 11.8. The lowest BCUT2D eigenvalue weighted by molar-refractivity contribution is -0.117. The summed E-state index contributed by atoms with van der Waals surface area (Å²) in [6, 6.07) is 5.96. The predicted octanol–water partition coefficient (Wildman–Crippen LogP) is 3.19. The standard InChI is InChI=1S/C17H22N2O2/c1-4-5-12(2)17(20)18-9-8-13-11-19-16-7-6-14(21-3)10-15(13)16/h5-7,10-11,19H,4,8-9H2,1-3H3,(H,18,20)/b12-5-. The Balaban J connectivity index is 2.01. The largest absolute Gasteiger partial charge is 0.497 e. The van der Waals surface area contributed by atoms with Crippen molar-refractivity contribution in [2.24, 2.45) is 0 Å². The van der Waals surface area contributed by atoms with Gasteiger partial charge in [0.15, 0.2) is 0 Å². The van der Waals surface area contributed by atoms with E-state index in [1.165, 1.54) is 5.56 Å². The van der Waals surface area contributed by atoms with Crippen LogP contribution in [0.1, 0.15) is 25.8 Å². The molecule has 0 unspecified atom stereocenters. The van der Waals surface area contributed by atoms with E-state index in [9.17, 15) is 4.79 Å². The smallest absolute Gasteiger partial charge is 0.246 e. The van der Waals surface area contributed by atoms with Gasteiger partial charge in [-0.25, -0.2) is 0 Å². The van der Waals surface area contributed by atoms with Crippen molar-refractivity contribution in [1.82, 2.24) is 10.3 Å². The van der Waals surface area contributed by atoms with Crippen LogP contribution >= 0.6 is 0 Å². The maximum atomic E-state index is 11.8. The molecule has 0 aliphatic heterocycles. The summed E-state index contributed by atoms with van der Waals surface area (Å²) in [5.74, 6) is 0.850. The fourth-order valence-electron chi connectivity index (χ4n) is 2.34. The van der Waals surface area contributed by atoms with Crippen molar-refractivity contribution < 1.29 is 9.53 Å². The van der Waals surface area contributed by atoms with Crippen LogP contribution in [0.2, 0.25) is 0 Å². The van der Waals surface area contributed by atoms with Gasteiger partial charge < -0.3 is 15.0 Å². The highest BCUT2D eigenvalue weighted by Gasteiger charge is 2.07. The molecule has 0 saturated heterocycles. The zero-order chi connectivity index (χ0) is 15.2. The summed E-state index contributed by atoms with van der Waals surface area (Å²) in [5, 5.41) is 4.09. The van der Waals surface area contributed by atoms with Crippen LogP contribution in [-0.4, -0.2) is 24.5 Å². The minimum atomic E-state index is 0.00859. The summed E-state index contributed by atoms with van der Waals surface area (Å²) in [5.41, 5.74) is 3.04. The number of benzene rings is 1. The van der Waals surface area contributed by atoms with Gasteiger partial charge in [0, 0.05) is 29.2 Å². The van der Waals surface area contributed by atoms with Gasteiger partial charge in [0.05, 0.1) is 7.11 Å². The van der Waals surface area contributed by atoms with Crippen molar-refractivity contribution in [2.75, 3.05) is 13.7 Å². The van der Waals surface area contributed by atoms with Gasteiger partial charge in [-0.3, -0.25) is 4.79 Å². The van der Waals surface area contributed by atoms with Crippen LogP contribution in [0.4, 0.5) is 0 Å². The summed E-state index contributed by atoms with van der Waals surface area (Å²) in [4.78, 5) is 15.1. The molecule has 21 heavy (non-hydrogen) atoms. The normalized spacial score (nSPS) is 11.7. The van der Waals surface area contributed by atoms with E-state index in [0.717, 1.165) is 35.1 Å². The van der Waals surface area contributed by atoms with Crippen molar-refractivity contribution in [1.29, 1.82) is 0 Å². The molecule has 0 spiro atoms. The molecule has 0 atom stereocenters. The third-order valence-corrected chi connectivity index (χ3v) is 3.52. The number of hydrogen-bond donors (Lipinski definition) is 2. The highest BCUT2D eigenvalue weighted by molar-refractivity contribution is 5.92. The van der Waals surface area contributed by atoms with E-state index in [1.54, 1.807) is 7.11 Å². The van der Waals surface area contributed by atoms with Gasteiger partial charge >= 0.3 is 0 Å². The molecule has 1 heterocycles. The lowest BCUT2D eigenvalue weighted by Crippen LogP contribution is -2.26. The molecule has 2 N–H and O–H groups in total. The highest BCUT2D eigenvalue weighted by atomic mass is 16.5. The Morgan fingerprint density at radius 2 is 2.24 bits per heavy atom. The molecule has 2 aromatic rings. The van der Waals surface area contributed by atoms with Gasteiger partial charge in [0.2, 0.25) is 5.91 Å². The van der Waals surface area contributed by atoms with E-state index >= 15 is 0 Å². The fourth-order valence-corrected chi connectivity index (χ4v) is 2.34. The molecule has 112 valence electrons. The number of carbonyl (C=O) groups is 1. The third kappa shape index (κ3) is 3.66. The molecule has 2 rings (SSSR count). The number of H-pyrrole nitrogens is 1. The molecular weight excluding hydrogens is 264 g/mol. The Kier molecular flexibility index (Phi) is 5.04. The number of rotatable bonds is 6. The summed E-state index contributed by atoms with van der Waals surface area (Å²) in [6.45, 7) is 4.49. The molecule has 0 radical (unpaired) electrons. The minimum Gasteiger partial charge on any atom is -0.497 e. The lowest BCUT2D eigenvalue weighted by Gasteiger charge is -2.05. The third-order valence-electron chi connectivity index (χ3n) is 3.52. The molecule has 1 aromatic heterocycles. The van der Waals surface area contributed by atoms with Crippen LogP contribution in [0, 0.1) is 0 Å². The number of aromatic amines is 1. The molecule has 0 bridgehead atoms. The zero-order valence-corrected chi connectivity index (χ0v) is 12.8. The van der Waals surface area contributed by atoms with Crippen LogP contribution in [0.25, 0.3) is 10.9 Å². The van der Waals surface area contributed by atoms with Gasteiger partial charge in [0.25, 0.3) is 0 Å². The first-order valence-corrected chi connectivity index (χ1v) is 7.24. The molecule has 1 amide bonds. The Labute approximate surface area is 125 Å². The van der Waals surface area contributed by atoms with Crippen LogP contribution in [0.3, 0.4) is 0 Å². The second kappa shape index (κ2) is 6.97. The second-order valence-electron chi connectivity index (χ2n) is 5.03. The van der Waals surface area contributed by atoms with E-state index < -0.39 is 0 Å².